The molecule has 0 aliphatic heterocycles. The maximum absolute atomic E-state index is 11.6. The van der Waals surface area contributed by atoms with Gasteiger partial charge >= 0.3 is 0 Å². The summed E-state index contributed by atoms with van der Waals surface area (Å²) in [5, 5.41) is 2.66. The smallest absolute Gasteiger partial charge is 0.244 e. The number of nitrogens with zero attached hydrogens (tertiary/aromatic N) is 1. The van der Waals surface area contributed by atoms with E-state index < -0.39 is 6.04 Å². The predicted molar refractivity (Wildman–Crippen MR) is 61.6 cm³/mol. The van der Waals surface area contributed by atoms with Crippen molar-refractivity contribution in [2.24, 2.45) is 11.7 Å². The molecule has 1 aliphatic carbocycles. The summed E-state index contributed by atoms with van der Waals surface area (Å²) in [6, 6.07) is -0.532. The Hall–Kier alpha value is -1.10. The van der Waals surface area contributed by atoms with Crippen molar-refractivity contribution in [3.63, 3.8) is 0 Å². The third kappa shape index (κ3) is 3.81. The van der Waals surface area contributed by atoms with Crippen molar-refractivity contribution >= 4 is 11.8 Å². The van der Waals surface area contributed by atoms with E-state index in [0.29, 0.717) is 12.3 Å². The lowest BCUT2D eigenvalue weighted by Crippen LogP contribution is -2.45. The van der Waals surface area contributed by atoms with Crippen LogP contribution in [0.1, 0.15) is 26.2 Å². The summed E-state index contributed by atoms with van der Waals surface area (Å²) in [5.74, 6) is 0.265. The zero-order chi connectivity index (χ0) is 12.3. The quantitative estimate of drug-likeness (QED) is 0.677. The first-order valence-electron chi connectivity index (χ1n) is 5.68. The number of hydrogen-bond acceptors (Lipinski definition) is 3. The van der Waals surface area contributed by atoms with Crippen molar-refractivity contribution < 1.29 is 9.59 Å². The highest BCUT2D eigenvalue weighted by Crippen LogP contribution is 2.32. The highest BCUT2D eigenvalue weighted by molar-refractivity contribution is 5.87. The number of carbonyl (C=O) groups is 2. The summed E-state index contributed by atoms with van der Waals surface area (Å²) in [4.78, 5) is 24.5. The lowest BCUT2D eigenvalue weighted by Gasteiger charge is -2.19. The van der Waals surface area contributed by atoms with Gasteiger partial charge in [-0.2, -0.15) is 0 Å². The van der Waals surface area contributed by atoms with E-state index in [-0.39, 0.29) is 17.9 Å². The van der Waals surface area contributed by atoms with Crippen LogP contribution in [0.3, 0.4) is 0 Å². The maximum atomic E-state index is 11.6. The lowest BCUT2D eigenvalue weighted by atomic mass is 10.1. The number of amides is 2. The van der Waals surface area contributed by atoms with E-state index in [1.165, 1.54) is 4.90 Å². The molecule has 16 heavy (non-hydrogen) atoms. The molecule has 3 N–H and O–H groups in total. The molecule has 0 aromatic heterocycles. The van der Waals surface area contributed by atoms with Gasteiger partial charge in [-0.05, 0) is 25.7 Å². The second kappa shape index (κ2) is 5.30. The minimum absolute atomic E-state index is 0.0540. The van der Waals surface area contributed by atoms with Crippen molar-refractivity contribution in [2.45, 2.75) is 38.3 Å². The van der Waals surface area contributed by atoms with Gasteiger partial charge in [0.2, 0.25) is 11.8 Å². The summed E-state index contributed by atoms with van der Waals surface area (Å²) in [6.45, 7) is 1.68. The van der Waals surface area contributed by atoms with Crippen LogP contribution in [-0.4, -0.2) is 42.9 Å². The molecular weight excluding hydrogens is 206 g/mol. The van der Waals surface area contributed by atoms with E-state index in [0.717, 1.165) is 12.8 Å². The first kappa shape index (κ1) is 13.0. The van der Waals surface area contributed by atoms with E-state index >= 15 is 0 Å². The van der Waals surface area contributed by atoms with Crippen LogP contribution in [-0.2, 0) is 9.59 Å². The molecule has 0 heterocycles. The van der Waals surface area contributed by atoms with Gasteiger partial charge in [0.15, 0.2) is 0 Å². The van der Waals surface area contributed by atoms with Gasteiger partial charge in [-0.3, -0.25) is 9.59 Å². The number of carbonyl (C=O) groups excluding carboxylic acids is 2. The fraction of sp³-hybridized carbons (Fsp3) is 0.818. The second-order valence-electron chi connectivity index (χ2n) is 4.73. The van der Waals surface area contributed by atoms with Crippen LogP contribution in [0.2, 0.25) is 0 Å². The molecule has 2 unspecified atom stereocenters. The molecule has 0 saturated heterocycles. The Labute approximate surface area is 96.4 Å². The molecule has 92 valence electrons. The van der Waals surface area contributed by atoms with Crippen LogP contribution in [0, 0.1) is 5.92 Å². The van der Waals surface area contributed by atoms with Gasteiger partial charge in [-0.1, -0.05) is 0 Å². The lowest BCUT2D eigenvalue weighted by molar-refractivity contribution is -0.134. The third-order valence-corrected chi connectivity index (χ3v) is 2.84. The number of nitrogens with one attached hydrogen (secondary N) is 1. The second-order valence-corrected chi connectivity index (χ2v) is 4.73. The normalized spacial score (nSPS) is 18.8. The van der Waals surface area contributed by atoms with Gasteiger partial charge in [0.05, 0.1) is 0 Å². The van der Waals surface area contributed by atoms with Gasteiger partial charge in [-0.15, -0.1) is 0 Å². The molecule has 0 aromatic rings. The molecular formula is C11H21N3O2. The molecule has 1 aliphatic rings. The fourth-order valence-electron chi connectivity index (χ4n) is 1.65. The van der Waals surface area contributed by atoms with Crippen LogP contribution in [0.4, 0.5) is 0 Å². The summed E-state index contributed by atoms with van der Waals surface area (Å²) in [6.07, 6.45) is 2.57. The molecule has 0 bridgehead atoms. The SMILES string of the molecule is CC(NC(=O)CC(N)C1CC1)C(=O)N(C)C. The molecule has 2 amide bonds. The monoisotopic (exact) mass is 227 g/mol. The van der Waals surface area contributed by atoms with Gasteiger partial charge in [0.25, 0.3) is 0 Å². The van der Waals surface area contributed by atoms with Crippen LogP contribution >= 0.6 is 0 Å². The van der Waals surface area contributed by atoms with Gasteiger partial charge < -0.3 is 16.0 Å². The summed E-state index contributed by atoms with van der Waals surface area (Å²) < 4.78 is 0. The van der Waals surface area contributed by atoms with Crippen LogP contribution in [0.25, 0.3) is 0 Å². The van der Waals surface area contributed by atoms with Crippen molar-refractivity contribution in [1.29, 1.82) is 0 Å². The van der Waals surface area contributed by atoms with Gasteiger partial charge in [0, 0.05) is 26.6 Å². The third-order valence-electron chi connectivity index (χ3n) is 2.84. The van der Waals surface area contributed by atoms with Crippen molar-refractivity contribution in [1.82, 2.24) is 10.2 Å². The molecule has 2 atom stereocenters. The van der Waals surface area contributed by atoms with Crippen LogP contribution < -0.4 is 11.1 Å². The van der Waals surface area contributed by atoms with E-state index in [1.807, 2.05) is 0 Å². The maximum Gasteiger partial charge on any atom is 0.244 e. The Balaban J connectivity index is 2.29. The first-order valence-corrected chi connectivity index (χ1v) is 5.68. The number of nitrogens with two attached hydrogens (primary N) is 1. The Morgan fingerprint density at radius 2 is 2.00 bits per heavy atom. The highest BCUT2D eigenvalue weighted by Gasteiger charge is 2.30. The Morgan fingerprint density at radius 1 is 1.44 bits per heavy atom. The van der Waals surface area contributed by atoms with Crippen molar-refractivity contribution in [3.05, 3.63) is 0 Å². The Morgan fingerprint density at radius 3 is 2.44 bits per heavy atom. The van der Waals surface area contributed by atoms with E-state index in [9.17, 15) is 9.59 Å². The largest absolute Gasteiger partial charge is 0.347 e. The first-order chi connectivity index (χ1) is 7.41. The Kier molecular flexibility index (Phi) is 4.29. The van der Waals surface area contributed by atoms with Gasteiger partial charge in [-0.25, -0.2) is 0 Å². The van der Waals surface area contributed by atoms with E-state index in [2.05, 4.69) is 5.32 Å². The summed E-state index contributed by atoms with van der Waals surface area (Å²) in [5.41, 5.74) is 5.84. The molecule has 5 heteroatoms. The number of hydrogen-bond donors (Lipinski definition) is 2. The zero-order valence-corrected chi connectivity index (χ0v) is 10.2. The van der Waals surface area contributed by atoms with Crippen LogP contribution in [0.5, 0.6) is 0 Å². The van der Waals surface area contributed by atoms with Gasteiger partial charge in [0.1, 0.15) is 6.04 Å². The average Bonchev–Trinajstić information content (AvgIpc) is 2.98. The topological polar surface area (TPSA) is 75.4 Å². The van der Waals surface area contributed by atoms with Crippen molar-refractivity contribution in [2.75, 3.05) is 14.1 Å². The molecule has 1 saturated carbocycles. The predicted octanol–water partition coefficient (Wildman–Crippen LogP) is -0.293. The summed E-state index contributed by atoms with van der Waals surface area (Å²) >= 11 is 0. The standard InChI is InChI=1S/C11H21N3O2/c1-7(11(16)14(2)3)13-10(15)6-9(12)8-4-5-8/h7-9H,4-6,12H2,1-3H3,(H,13,15). The Bertz CT molecular complexity index is 274. The minimum atomic E-state index is -0.478. The zero-order valence-electron chi connectivity index (χ0n) is 10.2. The molecule has 1 rings (SSSR count). The summed E-state index contributed by atoms with van der Waals surface area (Å²) in [7, 11) is 3.34. The fourth-order valence-corrected chi connectivity index (χ4v) is 1.65. The van der Waals surface area contributed by atoms with Crippen LogP contribution in [0.15, 0.2) is 0 Å². The molecule has 5 nitrogen and oxygen atoms in total. The van der Waals surface area contributed by atoms with Crippen molar-refractivity contribution in [3.8, 4) is 0 Å². The minimum Gasteiger partial charge on any atom is -0.347 e. The van der Waals surface area contributed by atoms with E-state index in [4.69, 9.17) is 5.73 Å². The number of likely N-dealkylation sites (N-methyl/N-ethyl adjacent to an activating group) is 1. The molecule has 0 spiro atoms. The van der Waals surface area contributed by atoms with E-state index in [1.54, 1.807) is 21.0 Å². The highest BCUT2D eigenvalue weighted by atomic mass is 16.2. The average molecular weight is 227 g/mol. The number of rotatable bonds is 5. The molecule has 1 fully saturated rings. The molecule has 0 aromatic carbocycles. The molecule has 0 radical (unpaired) electrons.